The molecule has 2 rings (SSSR count). The fourth-order valence-corrected chi connectivity index (χ4v) is 2.66. The normalized spacial score (nSPS) is 11.0. The van der Waals surface area contributed by atoms with E-state index in [1.54, 1.807) is 31.5 Å². The number of benzene rings is 2. The molecule has 0 atom stereocenters. The fourth-order valence-electron chi connectivity index (χ4n) is 2.66. The summed E-state index contributed by atoms with van der Waals surface area (Å²) in [5, 5.41) is 12.9. The summed E-state index contributed by atoms with van der Waals surface area (Å²) in [6.07, 6.45) is 2.56. The van der Waals surface area contributed by atoms with Crippen molar-refractivity contribution in [2.75, 3.05) is 50.7 Å². The molecular formula is C21H29N5O4. The number of aliphatic carboxylic acids is 1. The molecule has 6 N–H and O–H groups in total. The minimum atomic E-state index is -0.793. The lowest BCUT2D eigenvalue weighted by Gasteiger charge is -2.16. The predicted octanol–water partition coefficient (Wildman–Crippen LogP) is 2.48. The minimum Gasteiger partial charge on any atom is -0.493 e. The van der Waals surface area contributed by atoms with Crippen molar-refractivity contribution in [3.63, 3.8) is 0 Å². The average molecular weight is 415 g/mol. The number of nitrogens with zero attached hydrogens (tertiary/aromatic N) is 2. The van der Waals surface area contributed by atoms with E-state index in [0.717, 1.165) is 18.5 Å². The van der Waals surface area contributed by atoms with Gasteiger partial charge in [-0.1, -0.05) is 0 Å². The molecule has 0 heterocycles. The monoisotopic (exact) mass is 415 g/mol. The summed E-state index contributed by atoms with van der Waals surface area (Å²) in [4.78, 5) is 12.6. The number of hydrogen-bond acceptors (Lipinski definition) is 8. The summed E-state index contributed by atoms with van der Waals surface area (Å²) in [6, 6.07) is 10.7. The molecule has 0 aromatic heterocycles. The highest BCUT2D eigenvalue weighted by atomic mass is 16.5. The van der Waals surface area contributed by atoms with Crippen molar-refractivity contribution in [3.05, 3.63) is 42.0 Å². The first-order valence-corrected chi connectivity index (χ1v) is 9.54. The molecule has 0 spiro atoms. The van der Waals surface area contributed by atoms with E-state index < -0.39 is 5.97 Å². The SMILES string of the molecule is COc1cc(/C=N\Nc2ccc(N)cc2N)ccc1OCCCN(C)CCC(=O)O. The van der Waals surface area contributed by atoms with Crippen molar-refractivity contribution in [3.8, 4) is 11.5 Å². The number of nitrogen functional groups attached to an aromatic ring is 2. The first kappa shape index (κ1) is 22.8. The third kappa shape index (κ3) is 7.51. The lowest BCUT2D eigenvalue weighted by Crippen LogP contribution is -2.24. The molecule has 0 amide bonds. The van der Waals surface area contributed by atoms with Gasteiger partial charge in [-0.3, -0.25) is 10.2 Å². The Balaban J connectivity index is 1.85. The topological polar surface area (TPSA) is 135 Å². The van der Waals surface area contributed by atoms with E-state index in [-0.39, 0.29) is 6.42 Å². The number of rotatable bonds is 12. The number of carboxylic acids is 1. The lowest BCUT2D eigenvalue weighted by atomic mass is 10.2. The Bertz CT molecular complexity index is 872. The number of hydrazone groups is 1. The number of methoxy groups -OCH3 is 1. The molecule has 162 valence electrons. The highest BCUT2D eigenvalue weighted by Crippen LogP contribution is 2.28. The van der Waals surface area contributed by atoms with Gasteiger partial charge in [0.05, 0.1) is 37.7 Å². The summed E-state index contributed by atoms with van der Waals surface area (Å²) in [5.41, 5.74) is 17.1. The number of nitrogens with one attached hydrogen (secondary N) is 1. The van der Waals surface area contributed by atoms with Crippen LogP contribution in [0.2, 0.25) is 0 Å². The van der Waals surface area contributed by atoms with Gasteiger partial charge >= 0.3 is 5.97 Å². The minimum absolute atomic E-state index is 0.133. The van der Waals surface area contributed by atoms with Gasteiger partial charge in [-0.25, -0.2) is 0 Å². The van der Waals surface area contributed by atoms with Crippen LogP contribution in [-0.2, 0) is 4.79 Å². The van der Waals surface area contributed by atoms with Crippen molar-refractivity contribution in [1.82, 2.24) is 4.90 Å². The molecule has 9 nitrogen and oxygen atoms in total. The van der Waals surface area contributed by atoms with E-state index in [0.29, 0.717) is 41.7 Å². The van der Waals surface area contributed by atoms with Crippen molar-refractivity contribution in [2.24, 2.45) is 5.10 Å². The Morgan fingerprint density at radius 3 is 2.70 bits per heavy atom. The summed E-state index contributed by atoms with van der Waals surface area (Å²) in [5.74, 6) is 0.447. The fraction of sp³-hybridized carbons (Fsp3) is 0.333. The first-order valence-electron chi connectivity index (χ1n) is 9.54. The van der Waals surface area contributed by atoms with Gasteiger partial charge in [-0.2, -0.15) is 5.10 Å². The summed E-state index contributed by atoms with van der Waals surface area (Å²) >= 11 is 0. The predicted molar refractivity (Wildman–Crippen MR) is 119 cm³/mol. The number of ether oxygens (including phenoxy) is 2. The van der Waals surface area contributed by atoms with Crippen molar-refractivity contribution >= 4 is 29.2 Å². The standard InChI is InChI=1S/C21H29N5O4/c1-26(10-8-21(27)28)9-3-11-30-19-7-4-15(12-20(19)29-2)14-24-25-18-6-5-16(22)13-17(18)23/h4-7,12-14,25H,3,8-11,22-23H2,1-2H3,(H,27,28)/b24-14-. The maximum absolute atomic E-state index is 10.6. The van der Waals surface area contributed by atoms with Gasteiger partial charge in [0.15, 0.2) is 11.5 Å². The van der Waals surface area contributed by atoms with Crippen LogP contribution in [0.3, 0.4) is 0 Å². The summed E-state index contributed by atoms with van der Waals surface area (Å²) in [7, 11) is 3.47. The van der Waals surface area contributed by atoms with Crippen LogP contribution in [0.5, 0.6) is 11.5 Å². The smallest absolute Gasteiger partial charge is 0.304 e. The average Bonchev–Trinajstić information content (AvgIpc) is 2.71. The second-order valence-corrected chi connectivity index (χ2v) is 6.78. The molecule has 0 unspecified atom stereocenters. The second kappa shape index (κ2) is 11.5. The zero-order valence-corrected chi connectivity index (χ0v) is 17.3. The zero-order valence-electron chi connectivity index (χ0n) is 17.3. The van der Waals surface area contributed by atoms with Crippen LogP contribution in [0.25, 0.3) is 0 Å². The molecule has 0 aliphatic carbocycles. The van der Waals surface area contributed by atoms with Gasteiger partial charge in [0.2, 0.25) is 0 Å². The zero-order chi connectivity index (χ0) is 21.9. The van der Waals surface area contributed by atoms with Crippen LogP contribution >= 0.6 is 0 Å². The van der Waals surface area contributed by atoms with E-state index in [9.17, 15) is 4.79 Å². The molecular weight excluding hydrogens is 386 g/mol. The number of anilines is 3. The number of nitrogens with two attached hydrogens (primary N) is 2. The molecule has 2 aromatic rings. The van der Waals surface area contributed by atoms with E-state index in [2.05, 4.69) is 10.5 Å². The van der Waals surface area contributed by atoms with Gasteiger partial charge < -0.3 is 30.9 Å². The van der Waals surface area contributed by atoms with E-state index >= 15 is 0 Å². The number of carboxylic acid groups (broad SMARTS) is 1. The van der Waals surface area contributed by atoms with Crippen molar-refractivity contribution < 1.29 is 19.4 Å². The van der Waals surface area contributed by atoms with Crippen LogP contribution in [-0.4, -0.2) is 56.0 Å². The third-order valence-electron chi connectivity index (χ3n) is 4.31. The van der Waals surface area contributed by atoms with Gasteiger partial charge in [-0.15, -0.1) is 0 Å². The maximum atomic E-state index is 10.6. The van der Waals surface area contributed by atoms with E-state index in [4.69, 9.17) is 26.0 Å². The van der Waals surface area contributed by atoms with Crippen LogP contribution in [0, 0.1) is 0 Å². The Hall–Kier alpha value is -3.46. The second-order valence-electron chi connectivity index (χ2n) is 6.78. The Kier molecular flexibility index (Phi) is 8.76. The van der Waals surface area contributed by atoms with Gasteiger partial charge in [0.25, 0.3) is 0 Å². The Morgan fingerprint density at radius 1 is 1.20 bits per heavy atom. The van der Waals surface area contributed by atoms with Crippen LogP contribution in [0.1, 0.15) is 18.4 Å². The number of hydrogen-bond donors (Lipinski definition) is 4. The summed E-state index contributed by atoms with van der Waals surface area (Å²) in [6.45, 7) is 1.77. The first-order chi connectivity index (χ1) is 14.4. The molecule has 30 heavy (non-hydrogen) atoms. The molecule has 2 aromatic carbocycles. The largest absolute Gasteiger partial charge is 0.493 e. The van der Waals surface area contributed by atoms with Crippen molar-refractivity contribution in [1.29, 1.82) is 0 Å². The number of carbonyl (C=O) groups is 1. The molecule has 9 heteroatoms. The molecule has 0 saturated carbocycles. The van der Waals surface area contributed by atoms with Crippen LogP contribution in [0.4, 0.5) is 17.1 Å². The molecule has 0 radical (unpaired) electrons. The van der Waals surface area contributed by atoms with Crippen LogP contribution < -0.4 is 26.4 Å². The van der Waals surface area contributed by atoms with E-state index in [1.165, 1.54) is 0 Å². The third-order valence-corrected chi connectivity index (χ3v) is 4.31. The molecule has 0 saturated heterocycles. The lowest BCUT2D eigenvalue weighted by molar-refractivity contribution is -0.137. The van der Waals surface area contributed by atoms with Gasteiger partial charge in [0, 0.05) is 18.8 Å². The molecule has 0 aliphatic rings. The Morgan fingerprint density at radius 2 is 2.00 bits per heavy atom. The highest BCUT2D eigenvalue weighted by molar-refractivity contribution is 5.82. The summed E-state index contributed by atoms with van der Waals surface area (Å²) < 4.78 is 11.2. The molecule has 0 bridgehead atoms. The maximum Gasteiger partial charge on any atom is 0.304 e. The van der Waals surface area contributed by atoms with Crippen LogP contribution in [0.15, 0.2) is 41.5 Å². The van der Waals surface area contributed by atoms with Gasteiger partial charge in [-0.05, 0) is 55.4 Å². The Labute approximate surface area is 176 Å². The molecule has 0 fully saturated rings. The van der Waals surface area contributed by atoms with Gasteiger partial charge in [0.1, 0.15) is 0 Å². The van der Waals surface area contributed by atoms with E-state index in [1.807, 2.05) is 30.1 Å². The quantitative estimate of drug-likeness (QED) is 0.180. The van der Waals surface area contributed by atoms with Crippen molar-refractivity contribution in [2.45, 2.75) is 12.8 Å². The molecule has 0 aliphatic heterocycles. The highest BCUT2D eigenvalue weighted by Gasteiger charge is 2.07.